The number of nitrogens with two attached hydrogens (primary N) is 1. The van der Waals surface area contributed by atoms with E-state index in [2.05, 4.69) is 15.0 Å². The number of aromatic nitrogens is 4. The minimum atomic E-state index is -1.26. The monoisotopic (exact) mass is 489 g/mol. The van der Waals surface area contributed by atoms with E-state index < -0.39 is 38.7 Å². The van der Waals surface area contributed by atoms with Gasteiger partial charge in [0.2, 0.25) is 0 Å². The summed E-state index contributed by atoms with van der Waals surface area (Å²) in [7, 11) is -1.26. The molecule has 1 aliphatic heterocycles. The van der Waals surface area contributed by atoms with Gasteiger partial charge < -0.3 is 29.4 Å². The molecule has 0 radical (unpaired) electrons. The van der Waals surface area contributed by atoms with Crippen LogP contribution < -0.4 is 5.73 Å². The molecule has 1 saturated heterocycles. The fourth-order valence-electron chi connectivity index (χ4n) is 3.88. The summed E-state index contributed by atoms with van der Waals surface area (Å²) in [4.78, 5) is 25.0. The van der Waals surface area contributed by atoms with Gasteiger partial charge in [0.25, 0.3) is 0 Å². The molecule has 1 aliphatic rings. The molecule has 0 bridgehead atoms. The van der Waals surface area contributed by atoms with Crippen molar-refractivity contribution in [1.29, 1.82) is 0 Å². The number of nitrogen functional groups attached to an aromatic ring is 1. The summed E-state index contributed by atoms with van der Waals surface area (Å²) in [5.41, 5.74) is 7.20. The zero-order valence-electron chi connectivity index (χ0n) is 19.0. The van der Waals surface area contributed by atoms with E-state index in [4.69, 9.17) is 24.3 Å². The fourth-order valence-corrected chi connectivity index (χ4v) is 5.54. The van der Waals surface area contributed by atoms with Crippen molar-refractivity contribution in [2.24, 2.45) is 5.92 Å². The maximum atomic E-state index is 12.5. The number of carbonyl (C=O) groups is 1. The van der Waals surface area contributed by atoms with E-state index >= 15 is 0 Å². The summed E-state index contributed by atoms with van der Waals surface area (Å²) in [5, 5.41) is 11.3. The van der Waals surface area contributed by atoms with Gasteiger partial charge in [-0.15, -0.1) is 0 Å². The maximum Gasteiger partial charge on any atom is 0.338 e. The van der Waals surface area contributed by atoms with Crippen molar-refractivity contribution in [3.05, 3.63) is 48.5 Å². The van der Waals surface area contributed by atoms with Crippen molar-refractivity contribution in [1.82, 2.24) is 19.5 Å². The van der Waals surface area contributed by atoms with Crippen molar-refractivity contribution in [2.75, 3.05) is 31.7 Å². The van der Waals surface area contributed by atoms with Gasteiger partial charge in [0.1, 0.15) is 30.7 Å². The lowest BCUT2D eigenvalue weighted by Crippen LogP contribution is -2.32. The minimum Gasteiger partial charge on any atom is -0.459 e. The number of hydrogen-bond acceptors (Lipinski definition) is 10. The normalized spacial score (nSPS) is 22.5. The number of imidazole rings is 1. The molecule has 0 saturated carbocycles. The lowest BCUT2D eigenvalue weighted by Gasteiger charge is -2.24. The zero-order chi connectivity index (χ0) is 24.1. The Hall–Kier alpha value is -2.69. The third-order valence-electron chi connectivity index (χ3n) is 5.48. The second-order valence-corrected chi connectivity index (χ2v) is 9.16. The molecular formula is C22H28N5O6P. The first-order valence-corrected chi connectivity index (χ1v) is 12.4. The summed E-state index contributed by atoms with van der Waals surface area (Å²) in [6, 6.07) is 8.71. The van der Waals surface area contributed by atoms with Gasteiger partial charge >= 0.3 is 5.97 Å². The molecule has 4 atom stereocenters. The van der Waals surface area contributed by atoms with E-state index in [0.29, 0.717) is 36.1 Å². The van der Waals surface area contributed by atoms with Crippen LogP contribution in [0.4, 0.5) is 5.82 Å². The Morgan fingerprint density at radius 2 is 1.91 bits per heavy atom. The van der Waals surface area contributed by atoms with Gasteiger partial charge in [-0.1, -0.05) is 18.2 Å². The van der Waals surface area contributed by atoms with Crippen LogP contribution in [-0.4, -0.2) is 68.8 Å². The minimum absolute atomic E-state index is 0.0445. The number of ether oxygens (including phenoxy) is 2. The fraction of sp³-hybridized carbons (Fsp3) is 0.455. The maximum absolute atomic E-state index is 12.5. The zero-order valence-corrected chi connectivity index (χ0v) is 19.9. The van der Waals surface area contributed by atoms with Crippen molar-refractivity contribution < 1.29 is 28.4 Å². The van der Waals surface area contributed by atoms with Crippen LogP contribution in [0.1, 0.15) is 30.4 Å². The lowest BCUT2D eigenvalue weighted by molar-refractivity contribution is -0.0538. The number of aliphatic hydroxyl groups excluding tert-OH is 1. The summed E-state index contributed by atoms with van der Waals surface area (Å²) >= 11 is 0. The number of rotatable bonds is 10. The molecule has 34 heavy (non-hydrogen) atoms. The number of fused-ring (bicyclic) bond motifs is 1. The van der Waals surface area contributed by atoms with Gasteiger partial charge in [-0.05, 0) is 26.0 Å². The highest BCUT2D eigenvalue weighted by Gasteiger charge is 2.47. The predicted octanol–water partition coefficient (Wildman–Crippen LogP) is 2.52. The Kier molecular flexibility index (Phi) is 8.02. The molecule has 3 N–H and O–H groups in total. The average Bonchev–Trinajstić information content (AvgIpc) is 3.40. The molecule has 1 aromatic carbocycles. The number of benzene rings is 1. The highest BCUT2D eigenvalue weighted by Crippen LogP contribution is 2.46. The first-order chi connectivity index (χ1) is 16.5. The highest BCUT2D eigenvalue weighted by molar-refractivity contribution is 7.47. The van der Waals surface area contributed by atoms with E-state index in [1.54, 1.807) is 28.8 Å². The highest BCUT2D eigenvalue weighted by atomic mass is 31.2. The second-order valence-electron chi connectivity index (χ2n) is 7.62. The van der Waals surface area contributed by atoms with Crippen LogP contribution in [-0.2, 0) is 18.5 Å². The molecule has 0 aliphatic carbocycles. The molecule has 3 heterocycles. The van der Waals surface area contributed by atoms with Crippen molar-refractivity contribution >= 4 is 31.3 Å². The first kappa shape index (κ1) is 24.4. The quantitative estimate of drug-likeness (QED) is 0.322. The molecular weight excluding hydrogens is 461 g/mol. The molecule has 3 aromatic rings. The van der Waals surface area contributed by atoms with Crippen molar-refractivity contribution in [3.8, 4) is 0 Å². The van der Waals surface area contributed by atoms with Crippen molar-refractivity contribution in [2.45, 2.75) is 32.3 Å². The van der Waals surface area contributed by atoms with Gasteiger partial charge in [-0.25, -0.2) is 19.7 Å². The van der Waals surface area contributed by atoms with E-state index in [0.717, 1.165) is 0 Å². The van der Waals surface area contributed by atoms with E-state index in [1.165, 1.54) is 12.7 Å². The van der Waals surface area contributed by atoms with Gasteiger partial charge in [0.05, 0.1) is 25.1 Å². The average molecular weight is 489 g/mol. The van der Waals surface area contributed by atoms with Gasteiger partial charge in [0.15, 0.2) is 26.1 Å². The van der Waals surface area contributed by atoms with Crippen LogP contribution in [0.5, 0.6) is 0 Å². The number of nitrogens with zero attached hydrogens (tertiary/aromatic N) is 4. The first-order valence-electron chi connectivity index (χ1n) is 11.1. The molecule has 4 rings (SSSR count). The Labute approximate surface area is 198 Å². The number of esters is 1. The topological polar surface area (TPSA) is 144 Å². The van der Waals surface area contributed by atoms with E-state index in [1.807, 2.05) is 19.9 Å². The van der Waals surface area contributed by atoms with Gasteiger partial charge in [-0.3, -0.25) is 4.57 Å². The van der Waals surface area contributed by atoms with E-state index in [-0.39, 0.29) is 12.4 Å². The van der Waals surface area contributed by atoms with Crippen LogP contribution >= 0.6 is 8.38 Å². The summed E-state index contributed by atoms with van der Waals surface area (Å²) in [5.74, 6) is -0.655. The van der Waals surface area contributed by atoms with Crippen LogP contribution in [0.25, 0.3) is 11.2 Å². The Bertz CT molecular complexity index is 1090. The van der Waals surface area contributed by atoms with Crippen LogP contribution in [0.15, 0.2) is 43.0 Å². The number of aliphatic hydroxyl groups is 1. The summed E-state index contributed by atoms with van der Waals surface area (Å²) in [6.45, 7) is 4.69. The van der Waals surface area contributed by atoms with Gasteiger partial charge in [-0.2, -0.15) is 0 Å². The third kappa shape index (κ3) is 5.18. The smallest absolute Gasteiger partial charge is 0.338 e. The number of anilines is 1. The van der Waals surface area contributed by atoms with E-state index in [9.17, 15) is 9.90 Å². The van der Waals surface area contributed by atoms with Crippen LogP contribution in [0, 0.1) is 5.92 Å². The van der Waals surface area contributed by atoms with Crippen LogP contribution in [0.2, 0.25) is 0 Å². The molecule has 11 nitrogen and oxygen atoms in total. The Morgan fingerprint density at radius 1 is 1.18 bits per heavy atom. The Morgan fingerprint density at radius 3 is 2.62 bits per heavy atom. The largest absolute Gasteiger partial charge is 0.459 e. The molecule has 12 heteroatoms. The predicted molar refractivity (Wildman–Crippen MR) is 125 cm³/mol. The lowest BCUT2D eigenvalue weighted by atomic mass is 10.0. The van der Waals surface area contributed by atoms with Crippen molar-refractivity contribution in [3.63, 3.8) is 0 Å². The second kappa shape index (κ2) is 11.2. The molecule has 182 valence electrons. The third-order valence-corrected chi connectivity index (χ3v) is 7.29. The molecule has 0 unspecified atom stereocenters. The standard InChI is InChI=1S/C22H28N5O6P/c1-3-31-34(32-4-2)11-15-16(10-30-22(29)14-8-6-5-7-9-14)33-21(18(15)28)27-13-26-17-19(23)24-12-25-20(17)27/h5-9,12-13,15-16,18,21,28H,3-4,10-11H2,1-2H3,(H2,23,24,25)/t15-,16-,18-,21-/m1/s1. The van der Waals surface area contributed by atoms with Gasteiger partial charge in [0, 0.05) is 12.1 Å². The summed E-state index contributed by atoms with van der Waals surface area (Å²) < 4.78 is 24.9. The molecule has 1 fully saturated rings. The van der Waals surface area contributed by atoms with Crippen LogP contribution in [0.3, 0.4) is 0 Å². The Balaban J connectivity index is 1.57. The molecule has 0 amide bonds. The number of hydrogen-bond donors (Lipinski definition) is 2. The molecule has 0 spiro atoms. The SMILES string of the molecule is CCOP(C[C@H]1[C@@H](O)[C@H](n2cnc3c(N)ncnc32)O[C@@H]1COC(=O)c1ccccc1)OCC. The summed E-state index contributed by atoms with van der Waals surface area (Å²) in [6.07, 6.45) is 0.871. The molecule has 2 aromatic heterocycles. The number of carbonyl (C=O) groups excluding carboxylic acids is 1.